The number of aryl methyl sites for hydroxylation is 3. The van der Waals surface area contributed by atoms with Crippen molar-refractivity contribution in [3.8, 4) is 0 Å². The molecule has 0 saturated heterocycles. The maximum atomic E-state index is 4.84. The van der Waals surface area contributed by atoms with Crippen LogP contribution in [0.5, 0.6) is 0 Å². The minimum Gasteiger partial charge on any atom is -0.278 e. The number of nitrogens with zero attached hydrogens (tertiary/aromatic N) is 3. The predicted octanol–water partition coefficient (Wildman–Crippen LogP) is 6.09. The molecule has 0 saturated carbocycles. The molecule has 3 aromatic rings. The van der Waals surface area contributed by atoms with E-state index >= 15 is 0 Å². The zero-order valence-electron chi connectivity index (χ0n) is 17.1. The van der Waals surface area contributed by atoms with Gasteiger partial charge in [0.05, 0.1) is 28.5 Å². The van der Waals surface area contributed by atoms with Gasteiger partial charge < -0.3 is 0 Å². The molecule has 0 aliphatic rings. The smallest absolute Gasteiger partial charge is 0.0849 e. The first kappa shape index (κ1) is 22.6. The van der Waals surface area contributed by atoms with E-state index in [2.05, 4.69) is 38.1 Å². The van der Waals surface area contributed by atoms with E-state index in [0.717, 1.165) is 39.7 Å². The maximum Gasteiger partial charge on any atom is 0.0849 e. The summed E-state index contributed by atoms with van der Waals surface area (Å²) in [7, 11) is 0. The maximum absolute atomic E-state index is 4.84. The second kappa shape index (κ2) is 10.2. The molecule has 3 nitrogen and oxygen atoms in total. The molecule has 2 aromatic carbocycles. The second-order valence-corrected chi connectivity index (χ2v) is 6.74. The van der Waals surface area contributed by atoms with Crippen LogP contribution in [-0.2, 0) is 0 Å². The average Bonchev–Trinajstić information content (AvgIpc) is 2.66. The molecule has 1 heterocycles. The fourth-order valence-electron chi connectivity index (χ4n) is 2.90. The van der Waals surface area contributed by atoms with Gasteiger partial charge in [-0.3, -0.25) is 9.98 Å². The van der Waals surface area contributed by atoms with Crippen molar-refractivity contribution in [1.29, 1.82) is 0 Å². The first-order valence-corrected chi connectivity index (χ1v) is 9.07. The minimum absolute atomic E-state index is 0. The molecular weight excluding hydrogens is 471 g/mol. The summed E-state index contributed by atoms with van der Waals surface area (Å²) in [6.45, 7) is 10.2. The normalized spacial score (nSPS) is 11.9. The molecule has 28 heavy (non-hydrogen) atoms. The van der Waals surface area contributed by atoms with E-state index in [1.54, 1.807) is 0 Å². The Bertz CT molecular complexity index is 1020. The Kier molecular flexibility index (Phi) is 8.21. The van der Waals surface area contributed by atoms with Crippen LogP contribution >= 0.6 is 0 Å². The van der Waals surface area contributed by atoms with Crippen LogP contribution in [0.2, 0.25) is 0 Å². The van der Waals surface area contributed by atoms with Gasteiger partial charge in [0.2, 0.25) is 0 Å². The standard InChI is InChI=1S/C24H24N3.Pr/c1-16-10-6-7-13-21(16)25-19(4)22-14-9-15-23(27-22)20(5)26-24-17(2)11-8-12-18(24)3;/h6-12,14-15H,1-5H3;/q-1;. The number of hydrogen-bond donors (Lipinski definition) is 0. The van der Waals surface area contributed by atoms with Crippen LogP contribution in [0, 0.1) is 68.1 Å². The van der Waals surface area contributed by atoms with Crippen LogP contribution in [0.3, 0.4) is 0 Å². The molecule has 0 amide bonds. The molecule has 0 aliphatic carbocycles. The molecular formula is C24H24N3Pr-. The SMILES string of the molecule is CC(=Nc1[c-]cccc1C)c1cccc(C(C)=Nc2c(C)cccc2C)n1.[Pr]. The van der Waals surface area contributed by atoms with Crippen LogP contribution in [-0.4, -0.2) is 16.4 Å². The van der Waals surface area contributed by atoms with E-state index < -0.39 is 0 Å². The zero-order chi connectivity index (χ0) is 19.4. The molecule has 0 N–H and O–H groups in total. The zero-order valence-corrected chi connectivity index (χ0v) is 20.8. The Balaban J connectivity index is 0.00000280. The van der Waals surface area contributed by atoms with Crippen LogP contribution in [0.15, 0.2) is 64.6 Å². The molecule has 0 spiro atoms. The van der Waals surface area contributed by atoms with Crippen LogP contribution < -0.4 is 0 Å². The van der Waals surface area contributed by atoms with Crippen molar-refractivity contribution in [3.05, 3.63) is 88.7 Å². The summed E-state index contributed by atoms with van der Waals surface area (Å²) in [5.74, 6) is 0. The van der Waals surface area contributed by atoms with Crippen molar-refractivity contribution in [2.45, 2.75) is 34.6 Å². The van der Waals surface area contributed by atoms with Crippen molar-refractivity contribution in [2.75, 3.05) is 0 Å². The van der Waals surface area contributed by atoms with E-state index in [1.165, 1.54) is 11.1 Å². The van der Waals surface area contributed by atoms with Gasteiger partial charge in [-0.1, -0.05) is 31.2 Å². The number of para-hydroxylation sites is 2. The first-order chi connectivity index (χ1) is 13.0. The number of rotatable bonds is 4. The molecule has 1 radical (unpaired) electrons. The fourth-order valence-corrected chi connectivity index (χ4v) is 2.90. The third kappa shape index (κ3) is 5.42. The molecule has 139 valence electrons. The quantitative estimate of drug-likeness (QED) is 0.319. The largest absolute Gasteiger partial charge is 0.278 e. The number of hydrogen-bond acceptors (Lipinski definition) is 3. The molecule has 0 fully saturated rings. The van der Waals surface area contributed by atoms with Gasteiger partial charge in [0, 0.05) is 41.3 Å². The van der Waals surface area contributed by atoms with Crippen molar-refractivity contribution in [3.63, 3.8) is 0 Å². The number of aromatic nitrogens is 1. The van der Waals surface area contributed by atoms with E-state index in [0.29, 0.717) is 0 Å². The summed E-state index contributed by atoms with van der Waals surface area (Å²) >= 11 is 0. The van der Waals surface area contributed by atoms with Crippen molar-refractivity contribution < 1.29 is 41.3 Å². The monoisotopic (exact) mass is 495 g/mol. The Morgan fingerprint density at radius 2 is 1.29 bits per heavy atom. The Labute approximate surface area is 201 Å². The van der Waals surface area contributed by atoms with Crippen LogP contribution in [0.4, 0.5) is 11.4 Å². The fraction of sp³-hybridized carbons (Fsp3) is 0.208. The minimum atomic E-state index is 0. The third-order valence-electron chi connectivity index (χ3n) is 4.53. The van der Waals surface area contributed by atoms with Gasteiger partial charge in [0.15, 0.2) is 0 Å². The van der Waals surface area contributed by atoms with E-state index in [9.17, 15) is 0 Å². The second-order valence-electron chi connectivity index (χ2n) is 6.74. The Hall–Kier alpha value is -1.71. The van der Waals surface area contributed by atoms with E-state index in [1.807, 2.05) is 57.2 Å². The van der Waals surface area contributed by atoms with Gasteiger partial charge in [-0.05, 0) is 56.6 Å². The Morgan fingerprint density at radius 1 is 0.750 bits per heavy atom. The van der Waals surface area contributed by atoms with Gasteiger partial charge in [0.1, 0.15) is 0 Å². The molecule has 1 aromatic heterocycles. The summed E-state index contributed by atoms with van der Waals surface area (Å²) in [6, 6.07) is 21.3. The molecule has 0 bridgehead atoms. The summed E-state index contributed by atoms with van der Waals surface area (Å²) in [6.07, 6.45) is 0. The molecule has 0 unspecified atom stereocenters. The van der Waals surface area contributed by atoms with Crippen molar-refractivity contribution in [2.24, 2.45) is 9.98 Å². The molecule has 0 aliphatic heterocycles. The predicted molar refractivity (Wildman–Crippen MR) is 114 cm³/mol. The number of pyridine rings is 1. The van der Waals surface area contributed by atoms with Gasteiger partial charge in [0.25, 0.3) is 0 Å². The molecule has 4 heteroatoms. The van der Waals surface area contributed by atoms with E-state index in [4.69, 9.17) is 15.0 Å². The van der Waals surface area contributed by atoms with Gasteiger partial charge in [-0.25, -0.2) is 4.98 Å². The van der Waals surface area contributed by atoms with Crippen molar-refractivity contribution in [1.82, 2.24) is 4.98 Å². The number of aliphatic imine (C=N–C) groups is 2. The van der Waals surface area contributed by atoms with Gasteiger partial charge >= 0.3 is 0 Å². The number of benzene rings is 2. The van der Waals surface area contributed by atoms with E-state index in [-0.39, 0.29) is 41.3 Å². The molecule has 3 rings (SSSR count). The summed E-state index contributed by atoms with van der Waals surface area (Å²) in [5.41, 5.74) is 8.76. The third-order valence-corrected chi connectivity index (χ3v) is 4.53. The topological polar surface area (TPSA) is 37.6 Å². The van der Waals surface area contributed by atoms with Crippen molar-refractivity contribution >= 4 is 22.8 Å². The summed E-state index contributed by atoms with van der Waals surface area (Å²) in [5, 5.41) is 0. The Morgan fingerprint density at radius 3 is 1.89 bits per heavy atom. The van der Waals surface area contributed by atoms with Crippen LogP contribution in [0.1, 0.15) is 41.9 Å². The summed E-state index contributed by atoms with van der Waals surface area (Å²) < 4.78 is 0. The molecule has 0 atom stereocenters. The first-order valence-electron chi connectivity index (χ1n) is 9.07. The average molecular weight is 495 g/mol. The van der Waals surface area contributed by atoms with Crippen LogP contribution in [0.25, 0.3) is 0 Å². The van der Waals surface area contributed by atoms with Gasteiger partial charge in [-0.15, -0.1) is 5.56 Å². The summed E-state index contributed by atoms with van der Waals surface area (Å²) in [4.78, 5) is 14.3. The van der Waals surface area contributed by atoms with Gasteiger partial charge in [-0.2, -0.15) is 24.3 Å².